The van der Waals surface area contributed by atoms with Gasteiger partial charge in [-0.1, -0.05) is 13.0 Å². The van der Waals surface area contributed by atoms with Crippen LogP contribution < -0.4 is 14.8 Å². The SMILES string of the molecule is CCCOc1ccc(CNC(=O)c2cc(-c3ccco3)[nH]n2)cc1OC. The number of H-pyrrole nitrogens is 1. The number of rotatable bonds is 8. The van der Waals surface area contributed by atoms with Gasteiger partial charge in [0.1, 0.15) is 5.69 Å². The molecule has 0 aliphatic carbocycles. The van der Waals surface area contributed by atoms with E-state index in [0.29, 0.717) is 41.8 Å². The Morgan fingerprint density at radius 1 is 1.27 bits per heavy atom. The maximum Gasteiger partial charge on any atom is 0.272 e. The highest BCUT2D eigenvalue weighted by molar-refractivity contribution is 5.93. The summed E-state index contributed by atoms with van der Waals surface area (Å²) < 4.78 is 16.3. The molecule has 0 aliphatic rings. The first-order valence-electron chi connectivity index (χ1n) is 8.38. The molecule has 3 rings (SSSR count). The van der Waals surface area contributed by atoms with Crippen LogP contribution in [0.5, 0.6) is 11.5 Å². The van der Waals surface area contributed by atoms with E-state index in [-0.39, 0.29) is 5.91 Å². The highest BCUT2D eigenvalue weighted by Crippen LogP contribution is 2.28. The highest BCUT2D eigenvalue weighted by Gasteiger charge is 2.13. The van der Waals surface area contributed by atoms with Gasteiger partial charge in [0.05, 0.1) is 20.0 Å². The van der Waals surface area contributed by atoms with E-state index >= 15 is 0 Å². The molecule has 0 saturated heterocycles. The molecule has 3 aromatic rings. The third-order valence-corrected chi connectivity index (χ3v) is 3.74. The fourth-order valence-electron chi connectivity index (χ4n) is 2.42. The molecule has 0 saturated carbocycles. The number of carbonyl (C=O) groups excluding carboxylic acids is 1. The van der Waals surface area contributed by atoms with Crippen LogP contribution in [0.2, 0.25) is 0 Å². The third-order valence-electron chi connectivity index (χ3n) is 3.74. The smallest absolute Gasteiger partial charge is 0.272 e. The minimum absolute atomic E-state index is 0.274. The van der Waals surface area contributed by atoms with E-state index in [0.717, 1.165) is 12.0 Å². The van der Waals surface area contributed by atoms with Crippen molar-refractivity contribution in [2.75, 3.05) is 13.7 Å². The second kappa shape index (κ2) is 8.24. The van der Waals surface area contributed by atoms with Gasteiger partial charge in [-0.3, -0.25) is 9.89 Å². The average molecular weight is 355 g/mol. The number of amides is 1. The Labute approximate surface area is 151 Å². The molecule has 7 heteroatoms. The summed E-state index contributed by atoms with van der Waals surface area (Å²) in [4.78, 5) is 12.3. The van der Waals surface area contributed by atoms with Gasteiger partial charge < -0.3 is 19.2 Å². The number of carbonyl (C=O) groups is 1. The van der Waals surface area contributed by atoms with Crippen molar-refractivity contribution in [3.63, 3.8) is 0 Å². The Morgan fingerprint density at radius 2 is 2.15 bits per heavy atom. The summed E-state index contributed by atoms with van der Waals surface area (Å²) in [6, 6.07) is 10.8. The first-order chi connectivity index (χ1) is 12.7. The van der Waals surface area contributed by atoms with E-state index in [1.165, 1.54) is 0 Å². The predicted octanol–water partition coefficient (Wildman–Crippen LogP) is 3.40. The zero-order valence-electron chi connectivity index (χ0n) is 14.7. The Balaban J connectivity index is 1.62. The standard InChI is InChI=1S/C19H21N3O4/c1-3-8-25-17-7-6-13(10-18(17)24-2)12-20-19(23)15-11-14(21-22-15)16-5-4-9-26-16/h4-7,9-11H,3,8,12H2,1-2H3,(H,20,23)(H,21,22). The number of hydrogen-bond donors (Lipinski definition) is 2. The van der Waals surface area contributed by atoms with Gasteiger partial charge in [-0.15, -0.1) is 0 Å². The van der Waals surface area contributed by atoms with Crippen molar-refractivity contribution in [1.29, 1.82) is 0 Å². The number of furan rings is 1. The summed E-state index contributed by atoms with van der Waals surface area (Å²) in [5.74, 6) is 1.69. The molecule has 0 aliphatic heterocycles. The molecule has 0 unspecified atom stereocenters. The van der Waals surface area contributed by atoms with E-state index < -0.39 is 0 Å². The maximum atomic E-state index is 12.3. The van der Waals surface area contributed by atoms with Crippen LogP contribution in [0.1, 0.15) is 29.4 Å². The fraction of sp³-hybridized carbons (Fsp3) is 0.263. The van der Waals surface area contributed by atoms with Crippen molar-refractivity contribution in [3.05, 3.63) is 53.9 Å². The molecule has 1 amide bonds. The van der Waals surface area contributed by atoms with E-state index in [1.807, 2.05) is 25.1 Å². The largest absolute Gasteiger partial charge is 0.493 e. The van der Waals surface area contributed by atoms with E-state index in [2.05, 4.69) is 15.5 Å². The van der Waals surface area contributed by atoms with Gasteiger partial charge in [0, 0.05) is 12.6 Å². The number of methoxy groups -OCH3 is 1. The summed E-state index contributed by atoms with van der Waals surface area (Å²) in [5.41, 5.74) is 1.85. The Kier molecular flexibility index (Phi) is 5.58. The molecule has 0 radical (unpaired) electrons. The van der Waals surface area contributed by atoms with E-state index in [4.69, 9.17) is 13.9 Å². The topological polar surface area (TPSA) is 89.4 Å². The van der Waals surface area contributed by atoms with Gasteiger partial charge in [-0.25, -0.2) is 0 Å². The molecule has 7 nitrogen and oxygen atoms in total. The zero-order chi connectivity index (χ0) is 18.4. The van der Waals surface area contributed by atoms with Crippen LogP contribution in [0.3, 0.4) is 0 Å². The van der Waals surface area contributed by atoms with Crippen molar-refractivity contribution in [3.8, 4) is 23.0 Å². The van der Waals surface area contributed by atoms with Crippen LogP contribution in [-0.2, 0) is 6.54 Å². The second-order valence-corrected chi connectivity index (χ2v) is 5.66. The van der Waals surface area contributed by atoms with Crippen LogP contribution in [0.25, 0.3) is 11.5 Å². The first-order valence-corrected chi connectivity index (χ1v) is 8.38. The van der Waals surface area contributed by atoms with Crippen molar-refractivity contribution < 1.29 is 18.7 Å². The van der Waals surface area contributed by atoms with Crippen LogP contribution in [0.15, 0.2) is 47.1 Å². The molecule has 2 N–H and O–H groups in total. The van der Waals surface area contributed by atoms with Gasteiger partial charge in [0.2, 0.25) is 0 Å². The molecule has 1 aromatic carbocycles. The average Bonchev–Trinajstić information content (AvgIpc) is 3.36. The Hall–Kier alpha value is -3.22. The van der Waals surface area contributed by atoms with E-state index in [9.17, 15) is 4.79 Å². The summed E-state index contributed by atoms with van der Waals surface area (Å²) in [7, 11) is 1.59. The van der Waals surface area contributed by atoms with Crippen LogP contribution in [-0.4, -0.2) is 29.8 Å². The summed E-state index contributed by atoms with van der Waals surface area (Å²) in [6.07, 6.45) is 2.49. The Bertz CT molecular complexity index is 856. The van der Waals surface area contributed by atoms with Gasteiger partial charge in [-0.05, 0) is 36.2 Å². The van der Waals surface area contributed by atoms with Crippen LogP contribution >= 0.6 is 0 Å². The molecular weight excluding hydrogens is 334 g/mol. The summed E-state index contributed by atoms with van der Waals surface area (Å²) >= 11 is 0. The lowest BCUT2D eigenvalue weighted by molar-refractivity contribution is 0.0946. The minimum Gasteiger partial charge on any atom is -0.493 e. The third kappa shape index (κ3) is 4.05. The number of ether oxygens (including phenoxy) is 2. The minimum atomic E-state index is -0.274. The number of nitrogens with one attached hydrogen (secondary N) is 2. The zero-order valence-corrected chi connectivity index (χ0v) is 14.7. The number of benzene rings is 1. The molecule has 0 bridgehead atoms. The quantitative estimate of drug-likeness (QED) is 0.646. The van der Waals surface area contributed by atoms with Gasteiger partial charge >= 0.3 is 0 Å². The summed E-state index contributed by atoms with van der Waals surface area (Å²) in [6.45, 7) is 3.03. The normalized spacial score (nSPS) is 10.5. The molecule has 0 spiro atoms. The first kappa shape index (κ1) is 17.6. The monoisotopic (exact) mass is 355 g/mol. The molecule has 2 heterocycles. The lowest BCUT2D eigenvalue weighted by Gasteiger charge is -2.12. The lowest BCUT2D eigenvalue weighted by Crippen LogP contribution is -2.23. The fourth-order valence-corrected chi connectivity index (χ4v) is 2.42. The lowest BCUT2D eigenvalue weighted by atomic mass is 10.2. The van der Waals surface area contributed by atoms with Crippen molar-refractivity contribution in [2.45, 2.75) is 19.9 Å². The van der Waals surface area contributed by atoms with E-state index in [1.54, 1.807) is 31.6 Å². The van der Waals surface area contributed by atoms with Crippen molar-refractivity contribution in [2.24, 2.45) is 0 Å². The predicted molar refractivity (Wildman–Crippen MR) is 96.2 cm³/mol. The molecule has 2 aromatic heterocycles. The molecule has 26 heavy (non-hydrogen) atoms. The number of aromatic nitrogens is 2. The van der Waals surface area contributed by atoms with Crippen molar-refractivity contribution >= 4 is 5.91 Å². The Morgan fingerprint density at radius 3 is 2.88 bits per heavy atom. The van der Waals surface area contributed by atoms with Gasteiger partial charge in [0.25, 0.3) is 5.91 Å². The number of hydrogen-bond acceptors (Lipinski definition) is 5. The highest BCUT2D eigenvalue weighted by atomic mass is 16.5. The summed E-state index contributed by atoms with van der Waals surface area (Å²) in [5, 5.41) is 9.65. The maximum absolute atomic E-state index is 12.3. The number of nitrogens with zero attached hydrogens (tertiary/aromatic N) is 1. The van der Waals surface area contributed by atoms with Crippen LogP contribution in [0, 0.1) is 0 Å². The molecule has 0 atom stereocenters. The second-order valence-electron chi connectivity index (χ2n) is 5.66. The van der Waals surface area contributed by atoms with Crippen LogP contribution in [0.4, 0.5) is 0 Å². The molecular formula is C19H21N3O4. The number of aromatic amines is 1. The molecule has 136 valence electrons. The van der Waals surface area contributed by atoms with Gasteiger partial charge in [-0.2, -0.15) is 5.10 Å². The van der Waals surface area contributed by atoms with Crippen molar-refractivity contribution in [1.82, 2.24) is 15.5 Å². The van der Waals surface area contributed by atoms with Gasteiger partial charge in [0.15, 0.2) is 23.0 Å². The molecule has 0 fully saturated rings.